The maximum atomic E-state index is 12.8. The molecule has 20 heavy (non-hydrogen) atoms. The third-order valence-electron chi connectivity index (χ3n) is 6.16. The lowest BCUT2D eigenvalue weighted by Crippen LogP contribution is -2.49. The van der Waals surface area contributed by atoms with E-state index < -0.39 is 0 Å². The van der Waals surface area contributed by atoms with Crippen molar-refractivity contribution in [1.29, 1.82) is 0 Å². The van der Waals surface area contributed by atoms with E-state index in [1.807, 2.05) is 7.05 Å². The first-order chi connectivity index (χ1) is 9.53. The van der Waals surface area contributed by atoms with Crippen LogP contribution in [-0.2, 0) is 4.79 Å². The van der Waals surface area contributed by atoms with Crippen LogP contribution in [0, 0.1) is 11.3 Å². The van der Waals surface area contributed by atoms with Gasteiger partial charge in [-0.15, -0.1) is 0 Å². The fourth-order valence-corrected chi connectivity index (χ4v) is 4.22. The molecule has 2 heterocycles. The van der Waals surface area contributed by atoms with Gasteiger partial charge in [0.25, 0.3) is 0 Å². The van der Waals surface area contributed by atoms with Crippen LogP contribution < -0.4 is 5.32 Å². The zero-order valence-corrected chi connectivity index (χ0v) is 13.2. The number of carbonyl (C=O) groups is 1. The molecular formula is C16H29N3O. The first-order valence-corrected chi connectivity index (χ1v) is 8.21. The Balaban J connectivity index is 1.58. The minimum atomic E-state index is 0.324. The van der Waals surface area contributed by atoms with Crippen molar-refractivity contribution in [3.05, 3.63) is 0 Å². The van der Waals surface area contributed by atoms with Crippen molar-refractivity contribution in [1.82, 2.24) is 15.1 Å². The number of piperidine rings is 2. The van der Waals surface area contributed by atoms with Gasteiger partial charge >= 0.3 is 0 Å². The average molecular weight is 279 g/mol. The number of nitrogens with one attached hydrogen (secondary N) is 1. The third kappa shape index (κ3) is 2.48. The first kappa shape index (κ1) is 14.3. The highest BCUT2D eigenvalue weighted by atomic mass is 16.2. The molecule has 1 saturated carbocycles. The highest BCUT2D eigenvalue weighted by Gasteiger charge is 2.58. The molecule has 0 radical (unpaired) electrons. The van der Waals surface area contributed by atoms with Gasteiger partial charge in [0.2, 0.25) is 5.91 Å². The van der Waals surface area contributed by atoms with Crippen LogP contribution in [0.4, 0.5) is 0 Å². The topological polar surface area (TPSA) is 35.6 Å². The molecule has 3 unspecified atom stereocenters. The number of hydrogen-bond acceptors (Lipinski definition) is 3. The van der Waals surface area contributed by atoms with E-state index in [9.17, 15) is 4.79 Å². The summed E-state index contributed by atoms with van der Waals surface area (Å²) in [6, 6.07) is 1.05. The lowest BCUT2D eigenvalue weighted by Gasteiger charge is -2.39. The van der Waals surface area contributed by atoms with Crippen LogP contribution in [0.2, 0.25) is 0 Å². The summed E-state index contributed by atoms with van der Waals surface area (Å²) in [5, 5.41) is 3.41. The molecule has 1 amide bonds. The number of rotatable bonds is 2. The van der Waals surface area contributed by atoms with Crippen molar-refractivity contribution < 1.29 is 4.79 Å². The van der Waals surface area contributed by atoms with E-state index in [1.165, 1.54) is 12.8 Å². The van der Waals surface area contributed by atoms with Crippen LogP contribution in [0.3, 0.4) is 0 Å². The van der Waals surface area contributed by atoms with Crippen LogP contribution in [0.5, 0.6) is 0 Å². The first-order valence-electron chi connectivity index (χ1n) is 8.21. The Labute approximate surface area is 122 Å². The largest absolute Gasteiger partial charge is 0.342 e. The van der Waals surface area contributed by atoms with Crippen molar-refractivity contribution in [3.8, 4) is 0 Å². The van der Waals surface area contributed by atoms with Crippen LogP contribution in [0.25, 0.3) is 0 Å². The standard InChI is InChI=1S/C16H29N3O/c1-12-10-13(4-9-18(12)2)19(3)15(20)14-11-16(14)5-7-17-8-6-16/h12-14,17H,4-11H2,1-3H3. The minimum absolute atomic E-state index is 0.324. The molecule has 1 N–H and O–H groups in total. The Hall–Kier alpha value is -0.610. The van der Waals surface area contributed by atoms with Gasteiger partial charge in [0.15, 0.2) is 0 Å². The molecule has 2 saturated heterocycles. The average Bonchev–Trinajstić information content (AvgIpc) is 3.14. The molecule has 0 bridgehead atoms. The Morgan fingerprint density at radius 2 is 2.05 bits per heavy atom. The summed E-state index contributed by atoms with van der Waals surface area (Å²) in [6.07, 6.45) is 5.78. The zero-order valence-electron chi connectivity index (χ0n) is 13.2. The van der Waals surface area contributed by atoms with E-state index in [2.05, 4.69) is 29.1 Å². The van der Waals surface area contributed by atoms with E-state index in [1.54, 1.807) is 0 Å². The summed E-state index contributed by atoms with van der Waals surface area (Å²) >= 11 is 0. The second kappa shape index (κ2) is 5.30. The molecule has 4 heteroatoms. The molecule has 0 aromatic heterocycles. The van der Waals surface area contributed by atoms with Crippen molar-refractivity contribution in [2.75, 3.05) is 33.7 Å². The summed E-state index contributed by atoms with van der Waals surface area (Å²) in [5.74, 6) is 0.748. The Morgan fingerprint density at radius 1 is 1.35 bits per heavy atom. The van der Waals surface area contributed by atoms with E-state index in [4.69, 9.17) is 0 Å². The molecule has 0 aromatic rings. The fourth-order valence-electron chi connectivity index (χ4n) is 4.22. The number of nitrogens with zero attached hydrogens (tertiary/aromatic N) is 2. The molecule has 114 valence electrons. The van der Waals surface area contributed by atoms with Crippen molar-refractivity contribution >= 4 is 5.91 Å². The lowest BCUT2D eigenvalue weighted by molar-refractivity contribution is -0.135. The monoisotopic (exact) mass is 279 g/mol. The van der Waals surface area contributed by atoms with Gasteiger partial charge in [0.05, 0.1) is 0 Å². The summed E-state index contributed by atoms with van der Waals surface area (Å²) < 4.78 is 0. The second-order valence-corrected chi connectivity index (χ2v) is 7.33. The summed E-state index contributed by atoms with van der Waals surface area (Å²) in [5.41, 5.74) is 0.369. The molecule has 3 fully saturated rings. The van der Waals surface area contributed by atoms with Gasteiger partial charge in [0.1, 0.15) is 0 Å². The van der Waals surface area contributed by atoms with Gasteiger partial charge in [-0.2, -0.15) is 0 Å². The molecular weight excluding hydrogens is 250 g/mol. The van der Waals surface area contributed by atoms with Crippen LogP contribution in [-0.4, -0.2) is 61.5 Å². The zero-order chi connectivity index (χ0) is 14.3. The SMILES string of the molecule is CC1CC(N(C)C(=O)C2CC23CCNCC3)CCN1C. The molecule has 1 spiro atoms. The van der Waals surface area contributed by atoms with E-state index in [0.717, 1.165) is 38.9 Å². The summed E-state index contributed by atoms with van der Waals surface area (Å²) in [7, 11) is 4.23. The summed E-state index contributed by atoms with van der Waals surface area (Å²) in [6.45, 7) is 5.58. The maximum Gasteiger partial charge on any atom is 0.226 e. The Bertz CT molecular complexity index is 378. The third-order valence-corrected chi connectivity index (χ3v) is 6.16. The molecule has 2 aliphatic heterocycles. The number of likely N-dealkylation sites (tertiary alicyclic amines) is 1. The van der Waals surface area contributed by atoms with E-state index in [0.29, 0.717) is 29.3 Å². The Kier molecular flexibility index (Phi) is 3.80. The smallest absolute Gasteiger partial charge is 0.226 e. The van der Waals surface area contributed by atoms with Gasteiger partial charge in [0, 0.05) is 31.6 Å². The second-order valence-electron chi connectivity index (χ2n) is 7.33. The van der Waals surface area contributed by atoms with Gasteiger partial charge in [-0.3, -0.25) is 4.79 Å². The van der Waals surface area contributed by atoms with Crippen molar-refractivity contribution in [3.63, 3.8) is 0 Å². The molecule has 1 aliphatic carbocycles. The number of amides is 1. The predicted octanol–water partition coefficient (Wildman–Crippen LogP) is 1.32. The Morgan fingerprint density at radius 3 is 2.70 bits per heavy atom. The van der Waals surface area contributed by atoms with Gasteiger partial charge in [-0.1, -0.05) is 0 Å². The van der Waals surface area contributed by atoms with Gasteiger partial charge < -0.3 is 15.1 Å². The van der Waals surface area contributed by atoms with Crippen molar-refractivity contribution in [2.45, 2.75) is 51.1 Å². The highest BCUT2D eigenvalue weighted by molar-refractivity contribution is 5.82. The van der Waals surface area contributed by atoms with Crippen LogP contribution in [0.15, 0.2) is 0 Å². The molecule has 3 aliphatic rings. The van der Waals surface area contributed by atoms with Gasteiger partial charge in [-0.25, -0.2) is 0 Å². The lowest BCUT2D eigenvalue weighted by atomic mass is 9.91. The normalized spacial score (nSPS) is 36.9. The number of hydrogen-bond donors (Lipinski definition) is 1. The molecule has 3 atom stereocenters. The van der Waals surface area contributed by atoms with Crippen LogP contribution in [0.1, 0.15) is 39.0 Å². The van der Waals surface area contributed by atoms with E-state index in [-0.39, 0.29) is 0 Å². The van der Waals surface area contributed by atoms with Crippen LogP contribution >= 0.6 is 0 Å². The molecule has 4 nitrogen and oxygen atoms in total. The van der Waals surface area contributed by atoms with Gasteiger partial charge in [-0.05, 0) is 64.6 Å². The maximum absolute atomic E-state index is 12.8. The highest BCUT2D eigenvalue weighted by Crippen LogP contribution is 2.59. The summed E-state index contributed by atoms with van der Waals surface area (Å²) in [4.78, 5) is 17.2. The molecule has 3 rings (SSSR count). The van der Waals surface area contributed by atoms with E-state index >= 15 is 0 Å². The predicted molar refractivity (Wildman–Crippen MR) is 80.5 cm³/mol. The van der Waals surface area contributed by atoms with Crippen molar-refractivity contribution in [2.24, 2.45) is 11.3 Å². The quantitative estimate of drug-likeness (QED) is 0.828. The fraction of sp³-hybridized carbons (Fsp3) is 0.938. The number of carbonyl (C=O) groups excluding carboxylic acids is 1. The minimum Gasteiger partial charge on any atom is -0.342 e. The molecule has 0 aromatic carbocycles.